The van der Waals surface area contributed by atoms with Gasteiger partial charge in [-0.05, 0) is 36.4 Å². The molecular formula is C18H18Cl2N4O. The topological polar surface area (TPSA) is 61.9 Å². The highest BCUT2D eigenvalue weighted by Crippen LogP contribution is 2.30. The molecule has 3 heterocycles. The zero-order valence-corrected chi connectivity index (χ0v) is 15.0. The summed E-state index contributed by atoms with van der Waals surface area (Å²) in [4.78, 5) is 9.01. The number of amidine groups is 2. The molecule has 0 fully saturated rings. The molecule has 0 unspecified atom stereocenters. The van der Waals surface area contributed by atoms with Crippen molar-refractivity contribution in [2.45, 2.75) is 0 Å². The number of fused-ring (bicyclic) bond motifs is 3. The van der Waals surface area contributed by atoms with Crippen LogP contribution in [0.3, 0.4) is 0 Å². The average molecular weight is 377 g/mol. The first kappa shape index (κ1) is 17.6. The Kier molecular flexibility index (Phi) is 4.88. The second kappa shape index (κ2) is 6.94. The number of furan rings is 1. The minimum absolute atomic E-state index is 0. The van der Waals surface area contributed by atoms with Crippen molar-refractivity contribution >= 4 is 58.4 Å². The van der Waals surface area contributed by atoms with Gasteiger partial charge >= 0.3 is 0 Å². The molecular weight excluding hydrogens is 359 g/mol. The van der Waals surface area contributed by atoms with E-state index < -0.39 is 0 Å². The quantitative estimate of drug-likeness (QED) is 0.722. The second-order valence-corrected chi connectivity index (χ2v) is 5.84. The molecule has 0 spiro atoms. The Morgan fingerprint density at radius 3 is 1.60 bits per heavy atom. The van der Waals surface area contributed by atoms with Crippen molar-refractivity contribution in [2.24, 2.45) is 9.98 Å². The first-order valence-corrected chi connectivity index (χ1v) is 7.92. The summed E-state index contributed by atoms with van der Waals surface area (Å²) in [6.07, 6.45) is 0. The van der Waals surface area contributed by atoms with Gasteiger partial charge in [0.15, 0.2) is 0 Å². The molecule has 2 aliphatic heterocycles. The molecule has 2 aliphatic rings. The lowest BCUT2D eigenvalue weighted by Crippen LogP contribution is -2.19. The Morgan fingerprint density at radius 2 is 1.20 bits per heavy atom. The SMILES string of the molecule is Cl.Cl.c1cc2oc3ccc(C4=NCCN4)cc3c2cc1C1=NCCN1. The molecule has 0 aliphatic carbocycles. The minimum atomic E-state index is 0. The van der Waals surface area contributed by atoms with E-state index in [0.29, 0.717) is 0 Å². The van der Waals surface area contributed by atoms with Crippen LogP contribution < -0.4 is 10.6 Å². The van der Waals surface area contributed by atoms with Gasteiger partial charge in [0.05, 0.1) is 13.1 Å². The number of nitrogens with zero attached hydrogens (tertiary/aromatic N) is 2. The van der Waals surface area contributed by atoms with Gasteiger partial charge in [0.1, 0.15) is 22.8 Å². The van der Waals surface area contributed by atoms with Gasteiger partial charge in [0, 0.05) is 35.0 Å². The summed E-state index contributed by atoms with van der Waals surface area (Å²) in [5.74, 6) is 1.94. The largest absolute Gasteiger partial charge is 0.456 e. The van der Waals surface area contributed by atoms with Crippen LogP contribution in [-0.4, -0.2) is 37.9 Å². The number of hydrogen-bond donors (Lipinski definition) is 2. The van der Waals surface area contributed by atoms with Gasteiger partial charge in [-0.25, -0.2) is 0 Å². The number of rotatable bonds is 2. The Morgan fingerprint density at radius 1 is 0.720 bits per heavy atom. The number of benzene rings is 2. The van der Waals surface area contributed by atoms with E-state index >= 15 is 0 Å². The Hall–Kier alpha value is -2.24. The van der Waals surface area contributed by atoms with Crippen LogP contribution in [0, 0.1) is 0 Å². The molecule has 0 radical (unpaired) electrons. The number of aliphatic imine (C=N–C) groups is 2. The van der Waals surface area contributed by atoms with Gasteiger partial charge in [-0.15, -0.1) is 24.8 Å². The molecule has 0 bridgehead atoms. The van der Waals surface area contributed by atoms with Crippen LogP contribution in [-0.2, 0) is 0 Å². The van der Waals surface area contributed by atoms with Crippen molar-refractivity contribution in [3.63, 3.8) is 0 Å². The van der Waals surface area contributed by atoms with Crippen LogP contribution in [0.1, 0.15) is 11.1 Å². The molecule has 3 aromatic rings. The third kappa shape index (κ3) is 2.94. The second-order valence-electron chi connectivity index (χ2n) is 5.84. The van der Waals surface area contributed by atoms with Gasteiger partial charge in [0.25, 0.3) is 0 Å². The van der Waals surface area contributed by atoms with Gasteiger partial charge in [-0.3, -0.25) is 9.98 Å². The van der Waals surface area contributed by atoms with E-state index in [-0.39, 0.29) is 24.8 Å². The van der Waals surface area contributed by atoms with Crippen molar-refractivity contribution in [2.75, 3.05) is 26.2 Å². The predicted octanol–water partition coefficient (Wildman–Crippen LogP) is 3.13. The van der Waals surface area contributed by atoms with Crippen molar-refractivity contribution in [3.05, 3.63) is 47.5 Å². The third-order valence-corrected chi connectivity index (χ3v) is 4.36. The maximum absolute atomic E-state index is 5.97. The minimum Gasteiger partial charge on any atom is -0.456 e. The molecule has 2 aromatic carbocycles. The number of halogens is 2. The van der Waals surface area contributed by atoms with Crippen LogP contribution in [0.25, 0.3) is 21.9 Å². The lowest BCUT2D eigenvalue weighted by molar-refractivity contribution is 0.669. The van der Waals surface area contributed by atoms with E-state index in [4.69, 9.17) is 4.42 Å². The molecule has 1 aromatic heterocycles. The summed E-state index contributed by atoms with van der Waals surface area (Å²) in [5, 5.41) is 8.89. The van der Waals surface area contributed by atoms with E-state index in [9.17, 15) is 0 Å². The van der Waals surface area contributed by atoms with Crippen LogP contribution in [0.15, 0.2) is 50.8 Å². The molecule has 5 rings (SSSR count). The van der Waals surface area contributed by atoms with Crippen LogP contribution in [0.2, 0.25) is 0 Å². The van der Waals surface area contributed by atoms with E-state index in [1.807, 2.05) is 12.1 Å². The van der Waals surface area contributed by atoms with Crippen LogP contribution in [0.4, 0.5) is 0 Å². The predicted molar refractivity (Wildman–Crippen MR) is 107 cm³/mol. The summed E-state index contributed by atoms with van der Waals surface area (Å²) >= 11 is 0. The number of nitrogens with one attached hydrogen (secondary N) is 2. The summed E-state index contributed by atoms with van der Waals surface area (Å²) in [6, 6.07) is 12.5. The summed E-state index contributed by atoms with van der Waals surface area (Å²) < 4.78 is 5.97. The van der Waals surface area contributed by atoms with E-state index in [1.54, 1.807) is 0 Å². The Bertz CT molecular complexity index is 915. The first-order chi connectivity index (χ1) is 11.4. The van der Waals surface area contributed by atoms with Gasteiger partial charge < -0.3 is 15.1 Å². The molecule has 0 amide bonds. The average Bonchev–Trinajstić information content (AvgIpc) is 3.33. The van der Waals surface area contributed by atoms with Crippen molar-refractivity contribution in [1.82, 2.24) is 10.6 Å². The van der Waals surface area contributed by atoms with Crippen molar-refractivity contribution < 1.29 is 4.42 Å². The van der Waals surface area contributed by atoms with Crippen LogP contribution >= 0.6 is 24.8 Å². The van der Waals surface area contributed by atoms with Gasteiger partial charge in [0.2, 0.25) is 0 Å². The smallest absolute Gasteiger partial charge is 0.135 e. The van der Waals surface area contributed by atoms with Crippen LogP contribution in [0.5, 0.6) is 0 Å². The number of hydrogen-bond acceptors (Lipinski definition) is 5. The van der Waals surface area contributed by atoms with Gasteiger partial charge in [-0.2, -0.15) is 0 Å². The summed E-state index contributed by atoms with van der Waals surface area (Å²) in [5.41, 5.74) is 4.03. The maximum atomic E-state index is 5.97. The molecule has 0 saturated heterocycles. The zero-order valence-electron chi connectivity index (χ0n) is 13.4. The lowest BCUT2D eigenvalue weighted by Gasteiger charge is -2.03. The normalized spacial score (nSPS) is 15.8. The first-order valence-electron chi connectivity index (χ1n) is 7.92. The molecule has 0 atom stereocenters. The highest BCUT2D eigenvalue weighted by Gasteiger charge is 2.14. The fourth-order valence-electron chi connectivity index (χ4n) is 3.25. The van der Waals surface area contributed by atoms with E-state index in [2.05, 4.69) is 44.9 Å². The fourth-order valence-corrected chi connectivity index (χ4v) is 3.25. The molecule has 7 heteroatoms. The van der Waals surface area contributed by atoms with Gasteiger partial charge in [-0.1, -0.05) is 0 Å². The van der Waals surface area contributed by atoms with E-state index in [0.717, 1.165) is 70.9 Å². The Labute approximate surface area is 157 Å². The lowest BCUT2D eigenvalue weighted by atomic mass is 10.1. The maximum Gasteiger partial charge on any atom is 0.135 e. The standard InChI is InChI=1S/C18H16N4O.2ClH/c1-3-15-13(9-11(1)17-19-5-6-20-17)14-10-12(2-4-16(14)23-15)18-21-7-8-22-18;;/h1-4,9-10H,5-8H2,(H,19,20)(H,21,22);2*1H. The Balaban J connectivity index is 0.000000911. The highest BCUT2D eigenvalue weighted by molar-refractivity contribution is 6.12. The molecule has 2 N–H and O–H groups in total. The molecule has 130 valence electrons. The molecule has 25 heavy (non-hydrogen) atoms. The third-order valence-electron chi connectivity index (χ3n) is 4.36. The molecule has 0 saturated carbocycles. The zero-order chi connectivity index (χ0) is 15.2. The van der Waals surface area contributed by atoms with Crippen molar-refractivity contribution in [3.8, 4) is 0 Å². The monoisotopic (exact) mass is 376 g/mol. The summed E-state index contributed by atoms with van der Waals surface area (Å²) in [6.45, 7) is 3.51. The molecule has 5 nitrogen and oxygen atoms in total. The summed E-state index contributed by atoms with van der Waals surface area (Å²) in [7, 11) is 0. The highest BCUT2D eigenvalue weighted by atomic mass is 35.5. The van der Waals surface area contributed by atoms with Crippen molar-refractivity contribution in [1.29, 1.82) is 0 Å². The fraction of sp³-hybridized carbons (Fsp3) is 0.222. The van der Waals surface area contributed by atoms with E-state index in [1.165, 1.54) is 0 Å².